The minimum atomic E-state index is 0. The molecule has 0 radical (unpaired) electrons. The maximum atomic E-state index is 8.00. The van der Waals surface area contributed by atoms with Gasteiger partial charge >= 0.3 is 23.1 Å². The fraction of sp³-hybridized carbons (Fsp3) is 0.778. The average molecular weight is 281 g/mol. The van der Waals surface area contributed by atoms with Gasteiger partial charge in [0.2, 0.25) is 0 Å². The number of halogens is 1. The molecule has 1 fully saturated rings. The van der Waals surface area contributed by atoms with Crippen molar-refractivity contribution >= 4 is 52.6 Å². The van der Waals surface area contributed by atoms with Crippen LogP contribution in [0.4, 0.5) is 0 Å². The van der Waals surface area contributed by atoms with Crippen LogP contribution in [-0.2, 0) is 14.3 Å². The van der Waals surface area contributed by atoms with Crippen molar-refractivity contribution < 1.29 is 17.2 Å². The van der Waals surface area contributed by atoms with Crippen molar-refractivity contribution in [2.45, 2.75) is 31.5 Å². The summed E-state index contributed by atoms with van der Waals surface area (Å²) in [4.78, 5) is 16.6. The zero-order valence-corrected chi connectivity index (χ0v) is 12.1. The van der Waals surface area contributed by atoms with E-state index in [0.29, 0.717) is 4.83 Å². The van der Waals surface area contributed by atoms with Crippen LogP contribution in [-0.4, -0.2) is 54.7 Å². The second-order valence-corrected chi connectivity index (χ2v) is 4.16. The Morgan fingerprint density at radius 1 is 1.14 bits per heavy atom. The fourth-order valence-electron chi connectivity index (χ4n) is 0.510. The Kier molecular flexibility index (Phi) is 50.0. The van der Waals surface area contributed by atoms with Gasteiger partial charge in [-0.2, -0.15) is 0 Å². The van der Waals surface area contributed by atoms with Crippen molar-refractivity contribution in [2.24, 2.45) is 0 Å². The second kappa shape index (κ2) is 29.2. The van der Waals surface area contributed by atoms with Crippen LogP contribution in [0, 0.1) is 0 Å². The van der Waals surface area contributed by atoms with Crippen LogP contribution in [0.3, 0.4) is 0 Å². The minimum Gasteiger partial charge on any atom is -1.00 e. The van der Waals surface area contributed by atoms with Crippen LogP contribution in [0.25, 0.3) is 0 Å². The Bertz CT molecular complexity index is 76.8. The Morgan fingerprint density at radius 2 is 1.36 bits per heavy atom. The molecule has 1 aliphatic rings. The zero-order chi connectivity index (χ0) is 11.1. The molecule has 1 rings (SSSR count). The van der Waals surface area contributed by atoms with Gasteiger partial charge in [0.1, 0.15) is 13.6 Å². The monoisotopic (exact) mass is 280 g/mol. The Morgan fingerprint density at radius 3 is 1.43 bits per heavy atom. The van der Waals surface area contributed by atoms with Gasteiger partial charge < -0.3 is 17.2 Å². The van der Waals surface area contributed by atoms with Crippen LogP contribution in [0.15, 0.2) is 0 Å². The molecule has 84 valence electrons. The summed E-state index contributed by atoms with van der Waals surface area (Å²) in [5.41, 5.74) is 0. The summed E-state index contributed by atoms with van der Waals surface area (Å²) in [6.07, 6.45) is 2.56. The summed E-state index contributed by atoms with van der Waals surface area (Å²) < 4.78 is 4.94. The predicted molar refractivity (Wildman–Crippen MR) is 66.3 cm³/mol. The van der Waals surface area contributed by atoms with Crippen molar-refractivity contribution in [2.75, 3.05) is 13.2 Å². The molecule has 14 heavy (non-hydrogen) atoms. The Hall–Kier alpha value is 0.546. The van der Waals surface area contributed by atoms with E-state index in [9.17, 15) is 0 Å². The number of rotatable bonds is 0. The Balaban J connectivity index is -0.0000000212. The predicted octanol–water partition coefficient (Wildman–Crippen LogP) is 2.06. The summed E-state index contributed by atoms with van der Waals surface area (Å²) in [5, 5.41) is 0. The molecule has 0 bridgehead atoms. The number of hydrogen-bond acceptors (Lipinski definition) is 3. The van der Waals surface area contributed by atoms with E-state index < -0.39 is 0 Å². The maximum Gasteiger partial charge on any atom is 2.00 e. The van der Waals surface area contributed by atoms with Gasteiger partial charge in [-0.1, -0.05) is 29.8 Å². The molecule has 0 aliphatic carbocycles. The molecule has 0 N–H and O–H groups in total. The van der Waals surface area contributed by atoms with Crippen LogP contribution < -0.4 is 0 Å². The first-order chi connectivity index (χ1) is 6.23. The molecule has 0 atom stereocenters. The summed E-state index contributed by atoms with van der Waals surface area (Å²) in [6, 6.07) is 0. The molecule has 1 saturated heterocycles. The van der Waals surface area contributed by atoms with Crippen LogP contribution in [0.1, 0.15) is 29.5 Å². The molecule has 0 spiro atoms. The van der Waals surface area contributed by atoms with E-state index in [4.69, 9.17) is 14.3 Å². The number of hydrogen-bond donors (Lipinski definition) is 0. The largest absolute Gasteiger partial charge is 2.00 e. The van der Waals surface area contributed by atoms with Gasteiger partial charge in [-0.05, 0) is 12.8 Å². The first-order valence-corrected chi connectivity index (χ1v) is 4.94. The van der Waals surface area contributed by atoms with E-state index in [1.165, 1.54) is 12.8 Å². The van der Waals surface area contributed by atoms with Gasteiger partial charge in [-0.3, -0.25) is 0 Å². The number of carbonyl (C=O) groups is 2. The fourth-order valence-corrected chi connectivity index (χ4v) is 0.510. The van der Waals surface area contributed by atoms with Crippen molar-refractivity contribution in [1.82, 2.24) is 0 Å². The molecular formula is C9H21BrMgO3. The summed E-state index contributed by atoms with van der Waals surface area (Å²) in [5.74, 6) is 0. The molecule has 0 unspecified atom stereocenters. The van der Waals surface area contributed by atoms with Gasteiger partial charge in [0.25, 0.3) is 0 Å². The number of ether oxygens (including phenoxy) is 1. The minimum absolute atomic E-state index is 0. The quantitative estimate of drug-likeness (QED) is 0.504. The first-order valence-electron chi connectivity index (χ1n) is 4.03. The molecule has 0 aromatic heterocycles. The first kappa shape index (κ1) is 24.0. The third kappa shape index (κ3) is 54.4. The molecule has 1 aliphatic heterocycles. The van der Waals surface area contributed by atoms with E-state index in [-0.39, 0.29) is 25.9 Å². The van der Waals surface area contributed by atoms with Gasteiger partial charge in [-0.25, -0.2) is 0 Å². The molecule has 5 heteroatoms. The SMILES string of the molecule is C1CCOC1.C=O.C=O.CC(C)Br.[H-].[H-].[Mg+2]. The third-order valence-electron chi connectivity index (χ3n) is 0.827. The molecule has 0 aromatic carbocycles. The van der Waals surface area contributed by atoms with E-state index >= 15 is 0 Å². The maximum absolute atomic E-state index is 8.00. The third-order valence-corrected chi connectivity index (χ3v) is 0.827. The van der Waals surface area contributed by atoms with E-state index in [0.717, 1.165) is 13.2 Å². The molecule has 0 aromatic rings. The van der Waals surface area contributed by atoms with E-state index in [1.54, 1.807) is 0 Å². The van der Waals surface area contributed by atoms with Crippen LogP contribution in [0.2, 0.25) is 0 Å². The zero-order valence-electron chi connectivity index (χ0n) is 11.1. The Labute approximate surface area is 114 Å². The van der Waals surface area contributed by atoms with Gasteiger partial charge in [0.15, 0.2) is 0 Å². The topological polar surface area (TPSA) is 43.4 Å². The van der Waals surface area contributed by atoms with Gasteiger partial charge in [0, 0.05) is 18.0 Å². The van der Waals surface area contributed by atoms with Crippen LogP contribution >= 0.6 is 15.9 Å². The smallest absolute Gasteiger partial charge is 1.00 e. The van der Waals surface area contributed by atoms with Crippen molar-refractivity contribution in [3.8, 4) is 0 Å². The molecular weight excluding hydrogens is 260 g/mol. The van der Waals surface area contributed by atoms with E-state index in [1.807, 2.05) is 13.6 Å². The van der Waals surface area contributed by atoms with Crippen molar-refractivity contribution in [1.29, 1.82) is 0 Å². The van der Waals surface area contributed by atoms with Crippen LogP contribution in [0.5, 0.6) is 0 Å². The number of alkyl halides is 1. The average Bonchev–Trinajstić information content (AvgIpc) is 2.67. The molecule has 0 amide bonds. The molecule has 1 heterocycles. The van der Waals surface area contributed by atoms with Gasteiger partial charge in [-0.15, -0.1) is 0 Å². The summed E-state index contributed by atoms with van der Waals surface area (Å²) >= 11 is 3.27. The molecule has 0 saturated carbocycles. The van der Waals surface area contributed by atoms with E-state index in [2.05, 4.69) is 29.8 Å². The summed E-state index contributed by atoms with van der Waals surface area (Å²) in [6.45, 7) is 10.2. The van der Waals surface area contributed by atoms with Gasteiger partial charge in [0.05, 0.1) is 0 Å². The normalized spacial score (nSPS) is 11.7. The van der Waals surface area contributed by atoms with Crippen molar-refractivity contribution in [3.63, 3.8) is 0 Å². The second-order valence-electron chi connectivity index (χ2n) is 2.33. The molecule has 3 nitrogen and oxygen atoms in total. The van der Waals surface area contributed by atoms with Crippen molar-refractivity contribution in [3.05, 3.63) is 0 Å². The summed E-state index contributed by atoms with van der Waals surface area (Å²) in [7, 11) is 0. The standard InChI is InChI=1S/C4H8O.C3H7Br.2CH2O.Mg.2H/c1-2-4-5-3-1;1-3(2)4;2*1-2;;;/h1-4H2;3H,1-2H3;2*1H2;;;/q;;;;+2;2*-1. The number of carbonyl (C=O) groups excluding carboxylic acids is 2.